The van der Waals surface area contributed by atoms with Crippen LogP contribution in [0.3, 0.4) is 0 Å². The highest BCUT2D eigenvalue weighted by molar-refractivity contribution is 8.16. The van der Waals surface area contributed by atoms with E-state index in [2.05, 4.69) is 34.6 Å². The van der Waals surface area contributed by atoms with Gasteiger partial charge in [-0.05, 0) is 61.4 Å². The number of fused-ring (bicyclic) bond motifs is 1. The maximum atomic E-state index is 13.4. The zero-order valence-corrected chi connectivity index (χ0v) is 24.1. The fourth-order valence-electron chi connectivity index (χ4n) is 5.80. The summed E-state index contributed by atoms with van der Waals surface area (Å²) in [5, 5.41) is 2.92. The van der Waals surface area contributed by atoms with Gasteiger partial charge in [-0.15, -0.1) is 0 Å². The standard InChI is InChI=1S/C31H36N2O5S/c1-6-38-30(34)27-19(2)32-31-33(28(27)23-16-25(35-3)29(37-5)26(17-23)36-4)24(18-39-31)22-14-12-21(13-15-22)20-10-8-7-9-11-20/h12-18,20,28H,6-11H2,1-5H3/t28-/m1/s1. The highest BCUT2D eigenvalue weighted by Crippen LogP contribution is 2.50. The van der Waals surface area contributed by atoms with E-state index in [1.54, 1.807) is 33.1 Å². The van der Waals surface area contributed by atoms with Gasteiger partial charge in [0, 0.05) is 5.41 Å². The number of aliphatic imine (C=N–C) groups is 1. The largest absolute Gasteiger partial charge is 0.493 e. The summed E-state index contributed by atoms with van der Waals surface area (Å²) < 4.78 is 22.4. The van der Waals surface area contributed by atoms with Crippen LogP contribution in [-0.2, 0) is 9.53 Å². The number of hydrogen-bond acceptors (Lipinski definition) is 8. The van der Waals surface area contributed by atoms with E-state index in [1.807, 2.05) is 26.0 Å². The molecule has 0 aromatic heterocycles. The van der Waals surface area contributed by atoms with Crippen molar-refractivity contribution in [1.29, 1.82) is 0 Å². The van der Waals surface area contributed by atoms with Crippen molar-refractivity contribution in [3.8, 4) is 17.2 Å². The first-order chi connectivity index (χ1) is 19.0. The molecule has 5 rings (SSSR count). The Kier molecular flexibility index (Phi) is 8.21. The minimum atomic E-state index is -0.496. The molecule has 7 nitrogen and oxygen atoms in total. The van der Waals surface area contributed by atoms with Crippen molar-refractivity contribution in [2.45, 2.75) is 57.9 Å². The van der Waals surface area contributed by atoms with Gasteiger partial charge in [-0.25, -0.2) is 9.79 Å². The first-order valence-corrected chi connectivity index (χ1v) is 14.4. The summed E-state index contributed by atoms with van der Waals surface area (Å²) in [6.07, 6.45) is 6.48. The van der Waals surface area contributed by atoms with E-state index in [1.165, 1.54) is 37.7 Å². The van der Waals surface area contributed by atoms with Crippen LogP contribution in [0.15, 0.2) is 58.1 Å². The molecule has 2 aromatic rings. The van der Waals surface area contributed by atoms with Crippen molar-refractivity contribution in [2.24, 2.45) is 4.99 Å². The molecule has 2 aliphatic heterocycles. The summed E-state index contributed by atoms with van der Waals surface area (Å²) in [7, 11) is 4.76. The number of thioether (sulfide) groups is 1. The van der Waals surface area contributed by atoms with Crippen molar-refractivity contribution in [1.82, 2.24) is 4.90 Å². The predicted molar refractivity (Wildman–Crippen MR) is 155 cm³/mol. The number of carbonyl (C=O) groups excluding carboxylic acids is 1. The lowest BCUT2D eigenvalue weighted by atomic mass is 9.84. The van der Waals surface area contributed by atoms with E-state index in [4.69, 9.17) is 23.9 Å². The lowest BCUT2D eigenvalue weighted by Crippen LogP contribution is -2.36. The van der Waals surface area contributed by atoms with Gasteiger partial charge >= 0.3 is 5.97 Å². The molecule has 1 aliphatic carbocycles. The molecule has 2 aromatic carbocycles. The molecule has 1 atom stereocenters. The van der Waals surface area contributed by atoms with Crippen molar-refractivity contribution in [3.63, 3.8) is 0 Å². The van der Waals surface area contributed by atoms with Crippen LogP contribution >= 0.6 is 11.8 Å². The SMILES string of the molecule is CCOC(=O)C1=C(C)N=C2SC=C(c3ccc(C4CCCCC4)cc3)N2[C@@H]1c1cc(OC)c(OC)c(OC)c1. The summed E-state index contributed by atoms with van der Waals surface area (Å²) >= 11 is 1.56. The quantitative estimate of drug-likeness (QED) is 0.327. The van der Waals surface area contributed by atoms with E-state index in [0.29, 0.717) is 34.4 Å². The van der Waals surface area contributed by atoms with Crippen molar-refractivity contribution < 1.29 is 23.7 Å². The van der Waals surface area contributed by atoms with E-state index in [9.17, 15) is 4.79 Å². The van der Waals surface area contributed by atoms with Gasteiger partial charge in [-0.3, -0.25) is 0 Å². The number of allylic oxidation sites excluding steroid dienone is 1. The van der Waals surface area contributed by atoms with Crippen molar-refractivity contribution in [2.75, 3.05) is 27.9 Å². The Bertz CT molecular complexity index is 1300. The number of carbonyl (C=O) groups is 1. The Morgan fingerprint density at radius 1 is 0.974 bits per heavy atom. The molecule has 206 valence electrons. The number of hydrogen-bond donors (Lipinski definition) is 0. The van der Waals surface area contributed by atoms with Gasteiger partial charge < -0.3 is 23.8 Å². The third-order valence-electron chi connectivity index (χ3n) is 7.71. The zero-order valence-electron chi connectivity index (χ0n) is 23.3. The molecule has 2 heterocycles. The second-order valence-electron chi connectivity index (χ2n) is 9.92. The Labute approximate surface area is 234 Å². The van der Waals surface area contributed by atoms with Crippen LogP contribution in [0, 0.1) is 0 Å². The van der Waals surface area contributed by atoms with Crippen LogP contribution < -0.4 is 14.2 Å². The smallest absolute Gasteiger partial charge is 0.338 e. The number of rotatable bonds is 8. The highest BCUT2D eigenvalue weighted by atomic mass is 32.2. The molecule has 0 unspecified atom stereocenters. The lowest BCUT2D eigenvalue weighted by molar-refractivity contribution is -0.139. The number of ether oxygens (including phenoxy) is 4. The minimum Gasteiger partial charge on any atom is -0.493 e. The van der Waals surface area contributed by atoms with Crippen molar-refractivity contribution >= 4 is 28.6 Å². The molecule has 3 aliphatic rings. The fourth-order valence-corrected chi connectivity index (χ4v) is 6.77. The van der Waals surface area contributed by atoms with Crippen LogP contribution in [0.25, 0.3) is 5.70 Å². The summed E-state index contributed by atoms with van der Waals surface area (Å²) in [6, 6.07) is 12.2. The second-order valence-corrected chi connectivity index (χ2v) is 10.8. The van der Waals surface area contributed by atoms with Crippen molar-refractivity contribution in [3.05, 3.63) is 69.8 Å². The van der Waals surface area contributed by atoms with Gasteiger partial charge in [0.2, 0.25) is 5.75 Å². The van der Waals surface area contributed by atoms with Gasteiger partial charge in [-0.1, -0.05) is 55.3 Å². The van der Waals surface area contributed by atoms with Crippen LogP contribution in [-0.4, -0.2) is 44.0 Å². The fraction of sp³-hybridized carbons (Fsp3) is 0.419. The van der Waals surface area contributed by atoms with Crippen LogP contribution in [0.2, 0.25) is 0 Å². The van der Waals surface area contributed by atoms with Gasteiger partial charge in [-0.2, -0.15) is 0 Å². The molecule has 0 amide bonds. The molecule has 0 saturated heterocycles. The second kappa shape index (κ2) is 11.8. The number of methoxy groups -OCH3 is 3. The topological polar surface area (TPSA) is 69.6 Å². The average molecular weight is 549 g/mol. The summed E-state index contributed by atoms with van der Waals surface area (Å²) in [6.45, 7) is 3.94. The number of amidine groups is 1. The van der Waals surface area contributed by atoms with E-state index in [-0.39, 0.29) is 12.6 Å². The van der Waals surface area contributed by atoms with Gasteiger partial charge in [0.1, 0.15) is 0 Å². The average Bonchev–Trinajstić information content (AvgIpc) is 3.39. The highest BCUT2D eigenvalue weighted by Gasteiger charge is 2.42. The minimum absolute atomic E-state index is 0.272. The summed E-state index contributed by atoms with van der Waals surface area (Å²) in [5.41, 5.74) is 5.40. The Balaban J connectivity index is 1.60. The van der Waals surface area contributed by atoms with E-state index >= 15 is 0 Å². The Morgan fingerprint density at radius 2 is 1.64 bits per heavy atom. The van der Waals surface area contributed by atoms with Gasteiger partial charge in [0.25, 0.3) is 0 Å². The van der Waals surface area contributed by atoms with E-state index < -0.39 is 6.04 Å². The third kappa shape index (κ3) is 5.14. The summed E-state index contributed by atoms with van der Waals surface area (Å²) in [5.74, 6) is 1.79. The normalized spacial score (nSPS) is 19.3. The molecule has 0 spiro atoms. The molecule has 0 N–H and O–H groups in total. The molecule has 1 fully saturated rings. The van der Waals surface area contributed by atoms with Crippen LogP contribution in [0.1, 0.15) is 74.6 Å². The first-order valence-electron chi connectivity index (χ1n) is 13.5. The molecule has 0 bridgehead atoms. The van der Waals surface area contributed by atoms with E-state index in [0.717, 1.165) is 22.0 Å². The number of benzene rings is 2. The van der Waals surface area contributed by atoms with Crippen LogP contribution in [0.5, 0.6) is 17.2 Å². The molecule has 0 radical (unpaired) electrons. The predicted octanol–water partition coefficient (Wildman–Crippen LogP) is 7.06. The first kappa shape index (κ1) is 27.2. The molecule has 39 heavy (non-hydrogen) atoms. The Morgan fingerprint density at radius 3 is 2.23 bits per heavy atom. The monoisotopic (exact) mass is 548 g/mol. The van der Waals surface area contributed by atoms with Gasteiger partial charge in [0.05, 0.1) is 50.9 Å². The molecule has 8 heteroatoms. The third-order valence-corrected chi connectivity index (χ3v) is 8.55. The maximum absolute atomic E-state index is 13.4. The number of nitrogens with zero attached hydrogens (tertiary/aromatic N) is 2. The molecular formula is C31H36N2O5S. The van der Waals surface area contributed by atoms with Crippen LogP contribution in [0.4, 0.5) is 0 Å². The molecule has 1 saturated carbocycles. The summed E-state index contributed by atoms with van der Waals surface area (Å²) in [4.78, 5) is 20.3. The lowest BCUT2D eigenvalue weighted by Gasteiger charge is -2.36. The van der Waals surface area contributed by atoms with Gasteiger partial charge in [0.15, 0.2) is 16.7 Å². The number of esters is 1. The maximum Gasteiger partial charge on any atom is 0.338 e. The molecular weight excluding hydrogens is 512 g/mol. The Hall–Kier alpha value is -3.39. The zero-order chi connectivity index (χ0) is 27.5.